The lowest BCUT2D eigenvalue weighted by atomic mass is 10.0. The van der Waals surface area contributed by atoms with Gasteiger partial charge in [-0.1, -0.05) is 6.92 Å². The molecule has 108 valence electrons. The first kappa shape index (κ1) is 16.1. The molecule has 6 heteroatoms. The van der Waals surface area contributed by atoms with Crippen LogP contribution in [0.15, 0.2) is 23.1 Å². The van der Waals surface area contributed by atoms with Crippen LogP contribution in [0.5, 0.6) is 0 Å². The van der Waals surface area contributed by atoms with Crippen LogP contribution in [-0.2, 0) is 16.6 Å². The summed E-state index contributed by atoms with van der Waals surface area (Å²) >= 11 is 0. The van der Waals surface area contributed by atoms with Crippen molar-refractivity contribution in [2.24, 2.45) is 0 Å². The summed E-state index contributed by atoms with van der Waals surface area (Å²) < 4.78 is 40.6. The molecule has 19 heavy (non-hydrogen) atoms. The van der Waals surface area contributed by atoms with Gasteiger partial charge in [-0.2, -0.15) is 0 Å². The minimum absolute atomic E-state index is 0.0840. The maximum absolute atomic E-state index is 13.5. The van der Waals surface area contributed by atoms with Crippen LogP contribution in [0.25, 0.3) is 0 Å². The number of rotatable bonds is 6. The van der Waals surface area contributed by atoms with Crippen molar-refractivity contribution in [3.63, 3.8) is 0 Å². The Labute approximate surface area is 114 Å². The van der Waals surface area contributed by atoms with Gasteiger partial charge in [-0.05, 0) is 45.5 Å². The summed E-state index contributed by atoms with van der Waals surface area (Å²) in [5.74, 6) is -0.414. The van der Waals surface area contributed by atoms with Gasteiger partial charge in [-0.3, -0.25) is 0 Å². The smallest absolute Gasteiger partial charge is 0.241 e. The molecule has 0 aromatic heterocycles. The van der Waals surface area contributed by atoms with E-state index in [1.54, 1.807) is 7.05 Å². The van der Waals surface area contributed by atoms with E-state index in [9.17, 15) is 12.8 Å². The van der Waals surface area contributed by atoms with E-state index < -0.39 is 21.4 Å². The van der Waals surface area contributed by atoms with Crippen molar-refractivity contribution < 1.29 is 12.8 Å². The molecule has 0 aliphatic rings. The van der Waals surface area contributed by atoms with Gasteiger partial charge >= 0.3 is 0 Å². The van der Waals surface area contributed by atoms with Crippen molar-refractivity contribution in [3.8, 4) is 0 Å². The summed E-state index contributed by atoms with van der Waals surface area (Å²) in [5.41, 5.74) is -0.198. The fourth-order valence-corrected chi connectivity index (χ4v) is 3.07. The summed E-state index contributed by atoms with van der Waals surface area (Å²) in [6.07, 6.45) is 0.663. The molecule has 0 saturated heterocycles. The van der Waals surface area contributed by atoms with Crippen molar-refractivity contribution in [2.45, 2.75) is 44.2 Å². The molecule has 0 bridgehead atoms. The van der Waals surface area contributed by atoms with Gasteiger partial charge in [-0.25, -0.2) is 17.5 Å². The third-order valence-corrected chi connectivity index (χ3v) is 4.69. The summed E-state index contributed by atoms with van der Waals surface area (Å²) in [4.78, 5) is 0.0840. The Hall–Kier alpha value is -0.980. The maximum Gasteiger partial charge on any atom is 0.241 e. The standard InChI is InChI=1S/C13H21FN2O2S/c1-5-13(2,3)16-19(17,18)11-6-7-12(14)10(8-11)9-15-4/h6-8,15-16H,5,9H2,1-4H3. The van der Waals surface area contributed by atoms with Crippen LogP contribution in [0.2, 0.25) is 0 Å². The van der Waals surface area contributed by atoms with Crippen molar-refractivity contribution in [3.05, 3.63) is 29.6 Å². The van der Waals surface area contributed by atoms with Gasteiger partial charge < -0.3 is 5.32 Å². The van der Waals surface area contributed by atoms with Gasteiger partial charge in [0.15, 0.2) is 0 Å². The number of sulfonamides is 1. The number of hydrogen-bond acceptors (Lipinski definition) is 3. The lowest BCUT2D eigenvalue weighted by molar-refractivity contribution is 0.439. The molecule has 2 N–H and O–H groups in total. The second-order valence-corrected chi connectivity index (χ2v) is 6.81. The van der Waals surface area contributed by atoms with Gasteiger partial charge in [0.1, 0.15) is 5.82 Å². The number of benzene rings is 1. The molecule has 0 atom stereocenters. The molecule has 0 aliphatic carbocycles. The number of halogens is 1. The Morgan fingerprint density at radius 3 is 2.47 bits per heavy atom. The second-order valence-electron chi connectivity index (χ2n) is 5.13. The third-order valence-electron chi connectivity index (χ3n) is 2.99. The van der Waals surface area contributed by atoms with E-state index in [1.807, 2.05) is 20.8 Å². The molecule has 0 saturated carbocycles. The highest BCUT2D eigenvalue weighted by Gasteiger charge is 2.25. The van der Waals surface area contributed by atoms with Crippen molar-refractivity contribution >= 4 is 10.0 Å². The molecule has 0 radical (unpaired) electrons. The van der Waals surface area contributed by atoms with Crippen LogP contribution >= 0.6 is 0 Å². The molecule has 0 amide bonds. The van der Waals surface area contributed by atoms with E-state index >= 15 is 0 Å². The van der Waals surface area contributed by atoms with E-state index in [0.717, 1.165) is 0 Å². The Morgan fingerprint density at radius 1 is 1.32 bits per heavy atom. The fraction of sp³-hybridized carbons (Fsp3) is 0.538. The van der Waals surface area contributed by atoms with Crippen LogP contribution in [0, 0.1) is 5.82 Å². The lowest BCUT2D eigenvalue weighted by Crippen LogP contribution is -2.42. The van der Waals surface area contributed by atoms with Crippen molar-refractivity contribution in [1.82, 2.24) is 10.0 Å². The third kappa shape index (κ3) is 4.26. The largest absolute Gasteiger partial charge is 0.316 e. The average Bonchev–Trinajstić information content (AvgIpc) is 2.31. The molecule has 0 aliphatic heterocycles. The van der Waals surface area contributed by atoms with E-state index in [-0.39, 0.29) is 11.4 Å². The molecule has 0 unspecified atom stereocenters. The first-order valence-corrected chi connectivity index (χ1v) is 7.67. The predicted molar refractivity (Wildman–Crippen MR) is 73.9 cm³/mol. The van der Waals surface area contributed by atoms with E-state index in [4.69, 9.17) is 0 Å². The van der Waals surface area contributed by atoms with Gasteiger partial charge in [0.25, 0.3) is 0 Å². The fourth-order valence-electron chi connectivity index (χ4n) is 1.54. The van der Waals surface area contributed by atoms with E-state index in [1.165, 1.54) is 18.2 Å². The Balaban J connectivity index is 3.12. The van der Waals surface area contributed by atoms with Gasteiger partial charge in [0.05, 0.1) is 4.90 Å². The monoisotopic (exact) mass is 288 g/mol. The van der Waals surface area contributed by atoms with Gasteiger partial charge in [0.2, 0.25) is 10.0 Å². The highest BCUT2D eigenvalue weighted by Crippen LogP contribution is 2.18. The minimum atomic E-state index is -3.63. The summed E-state index contributed by atoms with van der Waals surface area (Å²) in [6.45, 7) is 5.80. The molecule has 4 nitrogen and oxygen atoms in total. The molecule has 1 rings (SSSR count). The topological polar surface area (TPSA) is 58.2 Å². The van der Waals surface area contributed by atoms with Crippen LogP contribution in [-0.4, -0.2) is 21.0 Å². The molecule has 0 spiro atoms. The Bertz CT molecular complexity index is 542. The van der Waals surface area contributed by atoms with Gasteiger partial charge in [0, 0.05) is 17.6 Å². The van der Waals surface area contributed by atoms with Gasteiger partial charge in [-0.15, -0.1) is 0 Å². The lowest BCUT2D eigenvalue weighted by Gasteiger charge is -2.24. The molecule has 0 fully saturated rings. The molecule has 1 aromatic carbocycles. The highest BCUT2D eigenvalue weighted by atomic mass is 32.2. The second kappa shape index (κ2) is 5.98. The average molecular weight is 288 g/mol. The normalized spacial score (nSPS) is 12.7. The minimum Gasteiger partial charge on any atom is -0.316 e. The van der Waals surface area contributed by atoms with Crippen molar-refractivity contribution in [1.29, 1.82) is 0 Å². The van der Waals surface area contributed by atoms with E-state index in [0.29, 0.717) is 12.0 Å². The van der Waals surface area contributed by atoms with Crippen LogP contribution in [0.1, 0.15) is 32.8 Å². The quantitative estimate of drug-likeness (QED) is 0.842. The van der Waals surface area contributed by atoms with E-state index in [2.05, 4.69) is 10.0 Å². The maximum atomic E-state index is 13.5. The number of hydrogen-bond donors (Lipinski definition) is 2. The van der Waals surface area contributed by atoms with Crippen LogP contribution in [0.3, 0.4) is 0 Å². The van der Waals surface area contributed by atoms with Crippen LogP contribution in [0.4, 0.5) is 4.39 Å². The summed E-state index contributed by atoms with van der Waals surface area (Å²) in [5, 5.41) is 2.81. The Kier molecular flexibility index (Phi) is 5.06. The molecular weight excluding hydrogens is 267 g/mol. The highest BCUT2D eigenvalue weighted by molar-refractivity contribution is 7.89. The molecule has 0 heterocycles. The summed E-state index contributed by atoms with van der Waals surface area (Å²) in [7, 11) is -1.95. The zero-order chi connectivity index (χ0) is 14.7. The zero-order valence-electron chi connectivity index (χ0n) is 11.7. The predicted octanol–water partition coefficient (Wildman–Crippen LogP) is 2.01. The SMILES string of the molecule is CCC(C)(C)NS(=O)(=O)c1ccc(F)c(CNC)c1. The first-order chi connectivity index (χ1) is 8.72. The number of nitrogens with one attached hydrogen (secondary N) is 2. The van der Waals surface area contributed by atoms with Crippen molar-refractivity contribution in [2.75, 3.05) is 7.05 Å². The first-order valence-electron chi connectivity index (χ1n) is 6.19. The molecular formula is C13H21FN2O2S. The van der Waals surface area contributed by atoms with Crippen LogP contribution < -0.4 is 10.0 Å². The molecule has 1 aromatic rings. The summed E-state index contributed by atoms with van der Waals surface area (Å²) in [6, 6.07) is 3.82. The Morgan fingerprint density at radius 2 is 1.95 bits per heavy atom. The zero-order valence-corrected chi connectivity index (χ0v) is 12.6.